The number of benzene rings is 2. The Morgan fingerprint density at radius 1 is 1.07 bits per heavy atom. The number of anilines is 1. The fourth-order valence-corrected chi connectivity index (χ4v) is 5.23. The molecule has 4 rings (SSSR count). The van der Waals surface area contributed by atoms with Crippen molar-refractivity contribution in [3.63, 3.8) is 0 Å². The molecule has 1 unspecified atom stereocenters. The number of carbonyl (C=O) groups excluding carboxylic acids is 2. The Morgan fingerprint density at radius 3 is 2.41 bits per heavy atom. The molecular formula is C21H22N2O5S. The number of hydrogen-bond acceptors (Lipinski definition) is 5. The number of carbonyl (C=O) groups is 2. The number of rotatable bonds is 4. The predicted molar refractivity (Wildman–Crippen MR) is 107 cm³/mol. The second-order valence-corrected chi connectivity index (χ2v) is 9.48. The third kappa shape index (κ3) is 3.65. The van der Waals surface area contributed by atoms with E-state index in [9.17, 15) is 18.0 Å². The van der Waals surface area contributed by atoms with Crippen LogP contribution in [0.15, 0.2) is 53.4 Å². The van der Waals surface area contributed by atoms with Gasteiger partial charge in [0.15, 0.2) is 5.60 Å². The number of sulfonamides is 1. The number of ether oxygens (including phenoxy) is 1. The normalized spacial score (nSPS) is 22.0. The summed E-state index contributed by atoms with van der Waals surface area (Å²) in [5.74, 6) is -0.993. The minimum Gasteiger partial charge on any atom is -0.445 e. The lowest BCUT2D eigenvalue weighted by Gasteiger charge is -2.33. The van der Waals surface area contributed by atoms with E-state index >= 15 is 0 Å². The van der Waals surface area contributed by atoms with E-state index in [1.54, 1.807) is 37.3 Å². The van der Waals surface area contributed by atoms with Gasteiger partial charge in [-0.2, -0.15) is 4.31 Å². The maximum atomic E-state index is 12.8. The molecule has 8 heteroatoms. The molecule has 2 aromatic carbocycles. The third-order valence-electron chi connectivity index (χ3n) is 5.38. The van der Waals surface area contributed by atoms with Crippen molar-refractivity contribution in [3.05, 3.63) is 59.7 Å². The smallest absolute Gasteiger partial charge is 0.339 e. The molecule has 0 spiro atoms. The average molecular weight is 414 g/mol. The molecule has 2 aliphatic rings. The molecule has 0 aliphatic carbocycles. The van der Waals surface area contributed by atoms with E-state index in [-0.39, 0.29) is 11.3 Å². The minimum atomic E-state index is -3.51. The van der Waals surface area contributed by atoms with Crippen LogP contribution in [-0.2, 0) is 26.0 Å². The summed E-state index contributed by atoms with van der Waals surface area (Å²) in [4.78, 5) is 25.3. The second-order valence-electron chi connectivity index (χ2n) is 7.54. The highest BCUT2D eigenvalue weighted by Gasteiger charge is 2.42. The lowest BCUT2D eigenvalue weighted by molar-refractivity contribution is -0.134. The molecule has 2 aliphatic heterocycles. The summed E-state index contributed by atoms with van der Waals surface area (Å²) in [5, 5.41) is 2.73. The van der Waals surface area contributed by atoms with Gasteiger partial charge in [-0.15, -0.1) is 0 Å². The van der Waals surface area contributed by atoms with Crippen LogP contribution in [0.1, 0.15) is 35.7 Å². The van der Waals surface area contributed by atoms with E-state index in [4.69, 9.17) is 4.74 Å². The zero-order valence-corrected chi connectivity index (χ0v) is 16.9. The van der Waals surface area contributed by atoms with Crippen molar-refractivity contribution in [2.45, 2.75) is 36.7 Å². The second kappa shape index (κ2) is 7.27. The molecule has 29 heavy (non-hydrogen) atoms. The van der Waals surface area contributed by atoms with Crippen molar-refractivity contribution in [2.75, 3.05) is 18.4 Å². The lowest BCUT2D eigenvalue weighted by atomic mass is 9.89. The van der Waals surface area contributed by atoms with Crippen LogP contribution in [0.25, 0.3) is 0 Å². The van der Waals surface area contributed by atoms with E-state index in [2.05, 4.69) is 5.32 Å². The SMILES string of the molecule is CC1(C(=O)Nc2ccc(S(=O)(=O)N3CCCC3)cc2)Cc2ccccc2C(=O)O1. The first kappa shape index (κ1) is 19.6. The first-order valence-electron chi connectivity index (χ1n) is 9.52. The van der Waals surface area contributed by atoms with Crippen LogP contribution in [0.2, 0.25) is 0 Å². The summed E-state index contributed by atoms with van der Waals surface area (Å²) in [7, 11) is -3.51. The first-order chi connectivity index (χ1) is 13.8. The number of hydrogen-bond donors (Lipinski definition) is 1. The van der Waals surface area contributed by atoms with Crippen LogP contribution in [0.4, 0.5) is 5.69 Å². The summed E-state index contributed by atoms with van der Waals surface area (Å²) in [6, 6.07) is 13.1. The molecule has 152 valence electrons. The van der Waals surface area contributed by atoms with E-state index in [0.717, 1.165) is 18.4 Å². The van der Waals surface area contributed by atoms with E-state index in [0.29, 0.717) is 24.3 Å². The number of amides is 1. The molecule has 1 saturated heterocycles. The fraction of sp³-hybridized carbons (Fsp3) is 0.333. The Bertz CT molecular complexity index is 1060. The van der Waals surface area contributed by atoms with Crippen molar-refractivity contribution in [1.29, 1.82) is 0 Å². The minimum absolute atomic E-state index is 0.196. The molecule has 1 atom stereocenters. The van der Waals surface area contributed by atoms with Gasteiger partial charge in [-0.3, -0.25) is 4.79 Å². The van der Waals surface area contributed by atoms with Crippen LogP contribution in [-0.4, -0.2) is 43.3 Å². The van der Waals surface area contributed by atoms with Crippen molar-refractivity contribution >= 4 is 27.6 Å². The monoisotopic (exact) mass is 414 g/mol. The third-order valence-corrected chi connectivity index (χ3v) is 7.29. The van der Waals surface area contributed by atoms with Gasteiger partial charge in [0.25, 0.3) is 5.91 Å². The Morgan fingerprint density at radius 2 is 1.72 bits per heavy atom. The van der Waals surface area contributed by atoms with Crippen LogP contribution in [0.5, 0.6) is 0 Å². The summed E-state index contributed by atoms with van der Waals surface area (Å²) in [5.41, 5.74) is 0.320. The van der Waals surface area contributed by atoms with Gasteiger partial charge in [0, 0.05) is 25.2 Å². The molecule has 1 fully saturated rings. The van der Waals surface area contributed by atoms with Gasteiger partial charge in [0.1, 0.15) is 0 Å². The number of esters is 1. The molecule has 0 aromatic heterocycles. The van der Waals surface area contributed by atoms with Gasteiger partial charge in [0.2, 0.25) is 10.0 Å². The van der Waals surface area contributed by atoms with E-state index in [1.807, 2.05) is 6.07 Å². The number of nitrogens with zero attached hydrogens (tertiary/aromatic N) is 1. The quantitative estimate of drug-likeness (QED) is 0.777. The maximum absolute atomic E-state index is 12.8. The topological polar surface area (TPSA) is 92.8 Å². The van der Waals surface area contributed by atoms with Crippen LogP contribution in [0, 0.1) is 0 Å². The van der Waals surface area contributed by atoms with Crippen LogP contribution < -0.4 is 5.32 Å². The molecule has 2 heterocycles. The highest BCUT2D eigenvalue weighted by Crippen LogP contribution is 2.29. The van der Waals surface area contributed by atoms with Crippen molar-refractivity contribution in [2.24, 2.45) is 0 Å². The van der Waals surface area contributed by atoms with Gasteiger partial charge in [-0.05, 0) is 55.7 Å². The predicted octanol–water partition coefficient (Wildman–Crippen LogP) is 2.58. The van der Waals surface area contributed by atoms with Gasteiger partial charge >= 0.3 is 5.97 Å². The average Bonchev–Trinajstić information content (AvgIpc) is 3.24. The van der Waals surface area contributed by atoms with E-state index < -0.39 is 27.5 Å². The summed E-state index contributed by atoms with van der Waals surface area (Å²) < 4.78 is 32.1. The summed E-state index contributed by atoms with van der Waals surface area (Å²) in [6.45, 7) is 2.64. The fourth-order valence-electron chi connectivity index (χ4n) is 3.71. The highest BCUT2D eigenvalue weighted by molar-refractivity contribution is 7.89. The largest absolute Gasteiger partial charge is 0.445 e. The van der Waals surface area contributed by atoms with Crippen LogP contribution >= 0.6 is 0 Å². The Kier molecular flexibility index (Phi) is 4.92. The van der Waals surface area contributed by atoms with Crippen molar-refractivity contribution < 1.29 is 22.7 Å². The van der Waals surface area contributed by atoms with E-state index in [1.165, 1.54) is 16.4 Å². The Hall–Kier alpha value is -2.71. The standard InChI is InChI=1S/C21H22N2O5S/c1-21(14-15-6-2-3-7-18(15)19(24)28-21)20(25)22-16-8-10-17(11-9-16)29(26,27)23-12-4-5-13-23/h2-3,6-11H,4-5,12-14H2,1H3,(H,22,25). The number of fused-ring (bicyclic) bond motifs is 1. The molecule has 0 radical (unpaired) electrons. The van der Waals surface area contributed by atoms with Crippen molar-refractivity contribution in [1.82, 2.24) is 4.31 Å². The summed E-state index contributed by atoms with van der Waals surface area (Å²) >= 11 is 0. The van der Waals surface area contributed by atoms with Gasteiger partial charge in [0.05, 0.1) is 10.5 Å². The Labute approximate surface area is 169 Å². The summed E-state index contributed by atoms with van der Waals surface area (Å²) in [6.07, 6.45) is 2.00. The zero-order valence-electron chi connectivity index (χ0n) is 16.1. The molecule has 2 aromatic rings. The van der Waals surface area contributed by atoms with Gasteiger partial charge in [-0.25, -0.2) is 13.2 Å². The highest BCUT2D eigenvalue weighted by atomic mass is 32.2. The van der Waals surface area contributed by atoms with Gasteiger partial charge < -0.3 is 10.1 Å². The molecule has 0 saturated carbocycles. The number of cyclic esters (lactones) is 1. The first-order valence-corrected chi connectivity index (χ1v) is 11.0. The lowest BCUT2D eigenvalue weighted by Crippen LogP contribution is -2.48. The molecule has 7 nitrogen and oxygen atoms in total. The van der Waals surface area contributed by atoms with Crippen molar-refractivity contribution in [3.8, 4) is 0 Å². The van der Waals surface area contributed by atoms with Gasteiger partial charge in [-0.1, -0.05) is 18.2 Å². The number of nitrogens with one attached hydrogen (secondary N) is 1. The Balaban J connectivity index is 1.50. The molecule has 1 amide bonds. The van der Waals surface area contributed by atoms with Crippen LogP contribution in [0.3, 0.4) is 0 Å². The zero-order chi connectivity index (χ0) is 20.6. The molecule has 1 N–H and O–H groups in total. The molecule has 0 bridgehead atoms. The maximum Gasteiger partial charge on any atom is 0.339 e. The molecular weight excluding hydrogens is 392 g/mol.